The zero-order valence-corrected chi connectivity index (χ0v) is 22.2. The number of hydrogen-bond acceptors (Lipinski definition) is 6. The molecule has 2 N–H and O–H groups in total. The van der Waals surface area contributed by atoms with E-state index >= 15 is 0 Å². The summed E-state index contributed by atoms with van der Waals surface area (Å²) in [5.41, 5.74) is 8.42. The second kappa shape index (κ2) is 9.42. The largest absolute Gasteiger partial charge is 0.355 e. The van der Waals surface area contributed by atoms with Gasteiger partial charge in [-0.3, -0.25) is 0 Å². The van der Waals surface area contributed by atoms with Crippen LogP contribution in [0.2, 0.25) is 0 Å². The van der Waals surface area contributed by atoms with E-state index in [1.54, 1.807) is 0 Å². The fourth-order valence-corrected chi connectivity index (χ4v) is 6.03. The SMILES string of the molecule is Cc1nc(N2CCCCC2)c2[nH]c(-c3ccc(-c4cc5nc(C)nc(N6CCCCC6)c5[nH]4)cc3)cc2n1. The average Bonchev–Trinajstić information content (AvgIpc) is 3.58. The Morgan fingerprint density at radius 3 is 1.34 bits per heavy atom. The fraction of sp³-hybridized carbons (Fsp3) is 0.400. The molecular formula is C30H34N8. The first-order chi connectivity index (χ1) is 18.6. The third kappa shape index (κ3) is 4.18. The summed E-state index contributed by atoms with van der Waals surface area (Å²) in [6, 6.07) is 13.0. The first kappa shape index (κ1) is 23.2. The number of aromatic nitrogens is 6. The molecule has 7 rings (SSSR count). The molecule has 6 heterocycles. The van der Waals surface area contributed by atoms with Gasteiger partial charge < -0.3 is 19.8 Å². The molecule has 38 heavy (non-hydrogen) atoms. The van der Waals surface area contributed by atoms with Gasteiger partial charge in [0.15, 0.2) is 11.6 Å². The summed E-state index contributed by atoms with van der Waals surface area (Å²) in [5, 5.41) is 0. The van der Waals surface area contributed by atoms with Gasteiger partial charge in [0.2, 0.25) is 0 Å². The number of aryl methyl sites for hydroxylation is 2. The Hall–Kier alpha value is -3.94. The second-order valence-electron chi connectivity index (χ2n) is 10.7. The quantitative estimate of drug-likeness (QED) is 0.303. The number of fused-ring (bicyclic) bond motifs is 2. The highest BCUT2D eigenvalue weighted by Gasteiger charge is 2.20. The van der Waals surface area contributed by atoms with Crippen molar-refractivity contribution in [2.24, 2.45) is 0 Å². The van der Waals surface area contributed by atoms with Crippen LogP contribution in [0.5, 0.6) is 0 Å². The van der Waals surface area contributed by atoms with Crippen LogP contribution in [-0.4, -0.2) is 56.1 Å². The monoisotopic (exact) mass is 506 g/mol. The molecular weight excluding hydrogens is 472 g/mol. The van der Waals surface area contributed by atoms with E-state index in [-0.39, 0.29) is 0 Å². The maximum Gasteiger partial charge on any atom is 0.156 e. The Bertz CT molecular complexity index is 1480. The summed E-state index contributed by atoms with van der Waals surface area (Å²) in [6.45, 7) is 8.20. The number of benzene rings is 1. The fourth-order valence-electron chi connectivity index (χ4n) is 6.03. The molecule has 0 amide bonds. The van der Waals surface area contributed by atoms with Crippen molar-refractivity contribution in [2.75, 3.05) is 36.0 Å². The first-order valence-corrected chi connectivity index (χ1v) is 14.0. The van der Waals surface area contributed by atoms with E-state index in [2.05, 4.69) is 56.2 Å². The second-order valence-corrected chi connectivity index (χ2v) is 10.7. The van der Waals surface area contributed by atoms with E-state index < -0.39 is 0 Å². The Balaban J connectivity index is 1.22. The molecule has 194 valence electrons. The van der Waals surface area contributed by atoms with Gasteiger partial charge in [-0.1, -0.05) is 24.3 Å². The lowest BCUT2D eigenvalue weighted by molar-refractivity contribution is 0.574. The van der Waals surface area contributed by atoms with Crippen molar-refractivity contribution in [3.8, 4) is 22.5 Å². The Kier molecular flexibility index (Phi) is 5.75. The van der Waals surface area contributed by atoms with Gasteiger partial charge in [-0.05, 0) is 75.6 Å². The van der Waals surface area contributed by atoms with E-state index in [0.29, 0.717) is 0 Å². The smallest absolute Gasteiger partial charge is 0.156 e. The highest BCUT2D eigenvalue weighted by Crippen LogP contribution is 2.33. The van der Waals surface area contributed by atoms with Crippen molar-refractivity contribution >= 4 is 33.7 Å². The van der Waals surface area contributed by atoms with Crippen LogP contribution in [0.25, 0.3) is 44.6 Å². The van der Waals surface area contributed by atoms with Gasteiger partial charge in [-0.2, -0.15) is 0 Å². The third-order valence-electron chi connectivity index (χ3n) is 7.96. The number of rotatable bonds is 4. The molecule has 0 saturated carbocycles. The highest BCUT2D eigenvalue weighted by atomic mass is 15.2. The number of nitrogens with zero attached hydrogens (tertiary/aromatic N) is 6. The topological polar surface area (TPSA) is 89.6 Å². The molecule has 0 atom stereocenters. The number of piperidine rings is 2. The molecule has 2 aliphatic rings. The molecule has 0 unspecified atom stereocenters. The summed E-state index contributed by atoms with van der Waals surface area (Å²) >= 11 is 0. The van der Waals surface area contributed by atoms with Crippen molar-refractivity contribution in [3.05, 3.63) is 48.0 Å². The van der Waals surface area contributed by atoms with Gasteiger partial charge in [0.05, 0.1) is 11.0 Å². The number of H-pyrrole nitrogens is 2. The molecule has 2 saturated heterocycles. The molecule has 1 aromatic carbocycles. The highest BCUT2D eigenvalue weighted by molar-refractivity contribution is 5.92. The minimum absolute atomic E-state index is 0.819. The Labute approximate surface area is 222 Å². The maximum atomic E-state index is 4.82. The summed E-state index contributed by atoms with van der Waals surface area (Å²) < 4.78 is 0. The van der Waals surface area contributed by atoms with Crippen molar-refractivity contribution in [1.82, 2.24) is 29.9 Å². The lowest BCUT2D eigenvalue weighted by Crippen LogP contribution is -2.30. The van der Waals surface area contributed by atoms with E-state index in [0.717, 1.165) is 94.0 Å². The van der Waals surface area contributed by atoms with E-state index in [4.69, 9.17) is 19.9 Å². The molecule has 0 spiro atoms. The van der Waals surface area contributed by atoms with Crippen molar-refractivity contribution in [3.63, 3.8) is 0 Å². The van der Waals surface area contributed by atoms with Crippen LogP contribution < -0.4 is 9.80 Å². The molecule has 0 aliphatic carbocycles. The maximum absolute atomic E-state index is 4.82. The number of anilines is 2. The minimum Gasteiger partial charge on any atom is -0.355 e. The Morgan fingerprint density at radius 2 is 0.947 bits per heavy atom. The molecule has 4 aromatic heterocycles. The van der Waals surface area contributed by atoms with E-state index in [9.17, 15) is 0 Å². The van der Waals surface area contributed by atoms with Gasteiger partial charge in [0.1, 0.15) is 22.7 Å². The van der Waals surface area contributed by atoms with Crippen molar-refractivity contribution in [1.29, 1.82) is 0 Å². The average molecular weight is 507 g/mol. The zero-order valence-electron chi connectivity index (χ0n) is 22.2. The molecule has 5 aromatic rings. The van der Waals surface area contributed by atoms with Crippen LogP contribution >= 0.6 is 0 Å². The number of hydrogen-bond donors (Lipinski definition) is 2. The van der Waals surface area contributed by atoms with Crippen LogP contribution in [-0.2, 0) is 0 Å². The predicted octanol–water partition coefficient (Wildman–Crippen LogP) is 6.16. The summed E-state index contributed by atoms with van der Waals surface area (Å²) in [7, 11) is 0. The molecule has 8 nitrogen and oxygen atoms in total. The van der Waals surface area contributed by atoms with Crippen LogP contribution in [0.1, 0.15) is 50.2 Å². The summed E-state index contributed by atoms with van der Waals surface area (Å²) in [5.74, 6) is 3.71. The summed E-state index contributed by atoms with van der Waals surface area (Å²) in [6.07, 6.45) is 7.48. The summed E-state index contributed by atoms with van der Waals surface area (Å²) in [4.78, 5) is 31.2. The zero-order chi connectivity index (χ0) is 25.6. The lowest BCUT2D eigenvalue weighted by Gasteiger charge is -2.28. The van der Waals surface area contributed by atoms with Gasteiger partial charge in [-0.25, -0.2) is 19.9 Å². The first-order valence-electron chi connectivity index (χ1n) is 14.0. The predicted molar refractivity (Wildman–Crippen MR) is 154 cm³/mol. The molecule has 0 radical (unpaired) electrons. The normalized spacial score (nSPS) is 16.6. The van der Waals surface area contributed by atoms with Crippen molar-refractivity contribution < 1.29 is 0 Å². The van der Waals surface area contributed by atoms with E-state index in [1.807, 2.05) is 13.8 Å². The minimum atomic E-state index is 0.819. The number of nitrogens with one attached hydrogen (secondary N) is 2. The lowest BCUT2D eigenvalue weighted by atomic mass is 10.1. The van der Waals surface area contributed by atoms with Crippen LogP contribution in [0.15, 0.2) is 36.4 Å². The van der Waals surface area contributed by atoms with Crippen LogP contribution in [0.3, 0.4) is 0 Å². The molecule has 2 aliphatic heterocycles. The molecule has 0 bridgehead atoms. The number of aromatic amines is 2. The Morgan fingerprint density at radius 1 is 0.553 bits per heavy atom. The van der Waals surface area contributed by atoms with Gasteiger partial charge >= 0.3 is 0 Å². The van der Waals surface area contributed by atoms with Crippen LogP contribution in [0.4, 0.5) is 11.6 Å². The van der Waals surface area contributed by atoms with E-state index in [1.165, 1.54) is 38.5 Å². The van der Waals surface area contributed by atoms with Gasteiger partial charge in [0.25, 0.3) is 0 Å². The standard InChI is InChI=1S/C30H34N8/c1-19-31-25-17-23(35-27(25)29(33-19)37-13-5-3-6-14-37)21-9-11-22(12-10-21)24-18-26-28(36-24)30(34-20(2)32-26)38-15-7-4-8-16-38/h9-12,17-18,35-36H,3-8,13-16H2,1-2H3. The van der Waals surface area contributed by atoms with Gasteiger partial charge in [0, 0.05) is 37.6 Å². The third-order valence-corrected chi connectivity index (χ3v) is 7.96. The molecule has 8 heteroatoms. The van der Waals surface area contributed by atoms with Gasteiger partial charge in [-0.15, -0.1) is 0 Å². The van der Waals surface area contributed by atoms with Crippen LogP contribution in [0, 0.1) is 13.8 Å². The van der Waals surface area contributed by atoms with Crippen molar-refractivity contribution in [2.45, 2.75) is 52.4 Å². The molecule has 2 fully saturated rings.